The fraction of sp³-hybridized carbons (Fsp3) is 0.111. The fourth-order valence-electron chi connectivity index (χ4n) is 0.681. The Balaban J connectivity index is 3.00. The van der Waals surface area contributed by atoms with E-state index in [2.05, 4.69) is 37.5 Å². The minimum absolute atomic E-state index is 0.0791. The molecule has 0 fully saturated rings. The van der Waals surface area contributed by atoms with E-state index in [4.69, 9.17) is 0 Å². The van der Waals surface area contributed by atoms with Gasteiger partial charge in [0, 0.05) is 5.92 Å². The maximum atomic E-state index is 10.7. The molecular formula is C9H6BrNO3. The van der Waals surface area contributed by atoms with E-state index in [1.54, 1.807) is 6.07 Å². The zero-order valence-corrected chi connectivity index (χ0v) is 8.83. The molecule has 0 aliphatic heterocycles. The normalized spacial score (nSPS) is 8.71. The van der Waals surface area contributed by atoms with Gasteiger partial charge in [0.1, 0.15) is 10.4 Å². The maximum absolute atomic E-state index is 10.7. The van der Waals surface area contributed by atoms with Gasteiger partial charge in [-0.25, -0.2) is 9.78 Å². The first-order valence-corrected chi connectivity index (χ1v) is 4.38. The molecular weight excluding hydrogens is 250 g/mol. The predicted octanol–water partition coefficient (Wildman–Crippen LogP) is 1.07. The highest BCUT2D eigenvalue weighted by Crippen LogP contribution is 2.16. The SMILES string of the molecule is COC(=O)C#Cc1nc(Br)ccc1O. The summed E-state index contributed by atoms with van der Waals surface area (Å²) < 4.78 is 4.84. The van der Waals surface area contributed by atoms with E-state index in [-0.39, 0.29) is 11.4 Å². The molecule has 0 aliphatic carbocycles. The summed E-state index contributed by atoms with van der Waals surface area (Å²) in [6.45, 7) is 0. The minimum atomic E-state index is -0.675. The topological polar surface area (TPSA) is 59.4 Å². The molecule has 0 radical (unpaired) electrons. The van der Waals surface area contributed by atoms with Crippen LogP contribution in [0.4, 0.5) is 0 Å². The van der Waals surface area contributed by atoms with Gasteiger partial charge in [0.2, 0.25) is 0 Å². The lowest BCUT2D eigenvalue weighted by atomic mass is 10.3. The number of esters is 1. The lowest BCUT2D eigenvalue weighted by Crippen LogP contribution is -1.95. The first-order chi connectivity index (χ1) is 6.63. The van der Waals surface area contributed by atoms with Crippen molar-refractivity contribution in [3.63, 3.8) is 0 Å². The van der Waals surface area contributed by atoms with E-state index in [0.717, 1.165) is 0 Å². The molecule has 0 bridgehead atoms. The Bertz CT molecular complexity index is 420. The highest BCUT2D eigenvalue weighted by Gasteiger charge is 2.00. The lowest BCUT2D eigenvalue weighted by Gasteiger charge is -1.95. The molecule has 1 N–H and O–H groups in total. The van der Waals surface area contributed by atoms with Crippen molar-refractivity contribution in [2.75, 3.05) is 7.11 Å². The summed E-state index contributed by atoms with van der Waals surface area (Å²) in [7, 11) is 1.23. The van der Waals surface area contributed by atoms with Gasteiger partial charge < -0.3 is 9.84 Å². The van der Waals surface area contributed by atoms with Gasteiger partial charge in [-0.1, -0.05) is 0 Å². The van der Waals surface area contributed by atoms with E-state index in [1.165, 1.54) is 13.2 Å². The first kappa shape index (κ1) is 10.5. The maximum Gasteiger partial charge on any atom is 0.384 e. The summed E-state index contributed by atoms with van der Waals surface area (Å²) in [5.74, 6) is 3.80. The number of aromatic hydroxyl groups is 1. The van der Waals surface area contributed by atoms with Crippen molar-refractivity contribution in [3.8, 4) is 17.6 Å². The fourth-order valence-corrected chi connectivity index (χ4v) is 0.991. The Morgan fingerprint density at radius 3 is 3.00 bits per heavy atom. The number of carbonyl (C=O) groups is 1. The third kappa shape index (κ3) is 2.75. The molecule has 0 spiro atoms. The summed E-state index contributed by atoms with van der Waals surface area (Å²) in [6.07, 6.45) is 0. The van der Waals surface area contributed by atoms with Crippen LogP contribution in [-0.2, 0) is 9.53 Å². The number of carbonyl (C=O) groups excluding carboxylic acids is 1. The van der Waals surface area contributed by atoms with Crippen molar-refractivity contribution in [2.24, 2.45) is 0 Å². The van der Waals surface area contributed by atoms with Crippen LogP contribution in [0.3, 0.4) is 0 Å². The Kier molecular flexibility index (Phi) is 3.48. The largest absolute Gasteiger partial charge is 0.505 e. The van der Waals surface area contributed by atoms with Crippen LogP contribution in [0.25, 0.3) is 0 Å². The van der Waals surface area contributed by atoms with Gasteiger partial charge in [-0.3, -0.25) is 0 Å². The lowest BCUT2D eigenvalue weighted by molar-refractivity contribution is -0.133. The number of nitrogens with zero attached hydrogens (tertiary/aromatic N) is 1. The van der Waals surface area contributed by atoms with Crippen molar-refractivity contribution < 1.29 is 14.6 Å². The predicted molar refractivity (Wildman–Crippen MR) is 52.5 cm³/mol. The van der Waals surface area contributed by atoms with Crippen LogP contribution < -0.4 is 0 Å². The molecule has 1 aromatic heterocycles. The summed E-state index contributed by atoms with van der Waals surface area (Å²) >= 11 is 3.11. The van der Waals surface area contributed by atoms with Gasteiger partial charge in [-0.2, -0.15) is 0 Å². The van der Waals surface area contributed by atoms with Gasteiger partial charge in [-0.05, 0) is 34.0 Å². The van der Waals surface area contributed by atoms with E-state index in [1.807, 2.05) is 0 Å². The molecule has 0 aliphatic rings. The molecule has 0 saturated carbocycles. The summed E-state index contributed by atoms with van der Waals surface area (Å²) in [5, 5.41) is 9.28. The molecule has 4 nitrogen and oxygen atoms in total. The molecule has 1 heterocycles. The number of aromatic nitrogens is 1. The third-order valence-electron chi connectivity index (χ3n) is 1.31. The summed E-state index contributed by atoms with van der Waals surface area (Å²) in [5.41, 5.74) is 0.129. The zero-order valence-electron chi connectivity index (χ0n) is 7.24. The minimum Gasteiger partial charge on any atom is -0.505 e. The van der Waals surface area contributed by atoms with Gasteiger partial charge in [-0.15, -0.1) is 0 Å². The van der Waals surface area contributed by atoms with E-state index in [0.29, 0.717) is 4.60 Å². The van der Waals surface area contributed by atoms with Crippen LogP contribution in [0.1, 0.15) is 5.69 Å². The Labute approximate surface area is 89.0 Å². The number of ether oxygens (including phenoxy) is 1. The Morgan fingerprint density at radius 2 is 2.36 bits per heavy atom. The number of hydrogen-bond acceptors (Lipinski definition) is 4. The molecule has 72 valence electrons. The van der Waals surface area contributed by atoms with Gasteiger partial charge in [0.05, 0.1) is 7.11 Å². The quantitative estimate of drug-likeness (QED) is 0.428. The average molecular weight is 256 g/mol. The Hall–Kier alpha value is -1.54. The molecule has 14 heavy (non-hydrogen) atoms. The highest BCUT2D eigenvalue weighted by atomic mass is 79.9. The molecule has 0 unspecified atom stereocenters. The monoisotopic (exact) mass is 255 g/mol. The summed E-state index contributed by atoms with van der Waals surface area (Å²) in [4.78, 5) is 14.5. The molecule has 5 heteroatoms. The van der Waals surface area contributed by atoms with Crippen molar-refractivity contribution >= 4 is 21.9 Å². The molecule has 1 rings (SSSR count). The summed E-state index contributed by atoms with van der Waals surface area (Å²) in [6, 6.07) is 3.00. The van der Waals surface area contributed by atoms with Crippen molar-refractivity contribution in [1.82, 2.24) is 4.98 Å². The second kappa shape index (κ2) is 4.63. The molecule has 1 aromatic rings. The Morgan fingerprint density at radius 1 is 1.64 bits per heavy atom. The smallest absolute Gasteiger partial charge is 0.384 e. The van der Waals surface area contributed by atoms with Crippen LogP contribution in [0.5, 0.6) is 5.75 Å². The third-order valence-corrected chi connectivity index (χ3v) is 1.75. The molecule has 0 amide bonds. The van der Waals surface area contributed by atoms with Crippen LogP contribution in [-0.4, -0.2) is 23.2 Å². The van der Waals surface area contributed by atoms with E-state index >= 15 is 0 Å². The average Bonchev–Trinajstić information content (AvgIpc) is 2.19. The van der Waals surface area contributed by atoms with Gasteiger partial charge >= 0.3 is 5.97 Å². The first-order valence-electron chi connectivity index (χ1n) is 3.59. The second-order valence-electron chi connectivity index (χ2n) is 2.24. The molecule has 0 saturated heterocycles. The van der Waals surface area contributed by atoms with Crippen LogP contribution in [0.15, 0.2) is 16.7 Å². The molecule has 0 aromatic carbocycles. The van der Waals surface area contributed by atoms with Gasteiger partial charge in [0.25, 0.3) is 0 Å². The number of halogens is 1. The van der Waals surface area contributed by atoms with Crippen molar-refractivity contribution in [1.29, 1.82) is 0 Å². The van der Waals surface area contributed by atoms with E-state index in [9.17, 15) is 9.90 Å². The highest BCUT2D eigenvalue weighted by molar-refractivity contribution is 9.10. The van der Waals surface area contributed by atoms with Crippen molar-refractivity contribution in [3.05, 3.63) is 22.4 Å². The standard InChI is InChI=1S/C9H6BrNO3/c1-14-9(13)5-2-6-7(12)3-4-8(10)11-6/h3-4,12H,1H3. The number of hydrogen-bond donors (Lipinski definition) is 1. The number of pyridine rings is 1. The zero-order chi connectivity index (χ0) is 10.6. The van der Waals surface area contributed by atoms with Crippen LogP contribution >= 0.6 is 15.9 Å². The molecule has 0 atom stereocenters. The number of rotatable bonds is 0. The second-order valence-corrected chi connectivity index (χ2v) is 3.06. The van der Waals surface area contributed by atoms with E-state index < -0.39 is 5.97 Å². The number of methoxy groups -OCH3 is 1. The van der Waals surface area contributed by atoms with Crippen molar-refractivity contribution in [2.45, 2.75) is 0 Å². The van der Waals surface area contributed by atoms with Crippen LogP contribution in [0, 0.1) is 11.8 Å². The van der Waals surface area contributed by atoms with Crippen LogP contribution in [0.2, 0.25) is 0 Å². The van der Waals surface area contributed by atoms with Gasteiger partial charge in [0.15, 0.2) is 5.69 Å².